The van der Waals surface area contributed by atoms with Crippen LogP contribution in [0.25, 0.3) is 0 Å². The number of methoxy groups -OCH3 is 1. The van der Waals surface area contributed by atoms with E-state index in [1.807, 2.05) is 19.1 Å². The number of nitrogens with one attached hydrogen (secondary N) is 2. The largest absolute Gasteiger partial charge is 0.493 e. The van der Waals surface area contributed by atoms with Gasteiger partial charge in [-0.3, -0.25) is 9.59 Å². The van der Waals surface area contributed by atoms with Gasteiger partial charge in [0.1, 0.15) is 0 Å². The molecule has 0 aromatic heterocycles. The number of carbonyl (C=O) groups excluding carboxylic acids is 3. The molecule has 0 heterocycles. The first-order valence-corrected chi connectivity index (χ1v) is 10.6. The average molecular weight is 500 g/mol. The highest BCUT2D eigenvalue weighted by atomic mass is 35.5. The number of benzene rings is 3. The minimum Gasteiger partial charge on any atom is -0.493 e. The Kier molecular flexibility index (Phi) is 8.24. The summed E-state index contributed by atoms with van der Waals surface area (Å²) in [6, 6.07) is 16.1. The number of nitrogens with zero attached hydrogens (tertiary/aromatic N) is 1. The van der Waals surface area contributed by atoms with E-state index in [0.717, 1.165) is 5.56 Å². The number of halogens is 2. The molecule has 3 aromatic carbocycles. The van der Waals surface area contributed by atoms with E-state index in [0.29, 0.717) is 16.3 Å². The summed E-state index contributed by atoms with van der Waals surface area (Å²) in [6.45, 7) is 1.81. The zero-order valence-corrected chi connectivity index (χ0v) is 19.6. The third kappa shape index (κ3) is 6.34. The van der Waals surface area contributed by atoms with E-state index in [-0.39, 0.29) is 22.1 Å². The molecule has 0 aliphatic heterocycles. The van der Waals surface area contributed by atoms with Crippen LogP contribution in [0.4, 0.5) is 5.69 Å². The number of hydrazone groups is 1. The summed E-state index contributed by atoms with van der Waals surface area (Å²) in [5, 5.41) is 6.84. The van der Waals surface area contributed by atoms with E-state index in [1.165, 1.54) is 43.7 Å². The molecule has 0 radical (unpaired) electrons. The van der Waals surface area contributed by atoms with Crippen LogP contribution >= 0.6 is 23.2 Å². The molecular formula is C24H19Cl2N3O5. The first-order chi connectivity index (χ1) is 16.3. The van der Waals surface area contributed by atoms with Crippen LogP contribution in [-0.2, 0) is 9.59 Å². The van der Waals surface area contributed by atoms with E-state index < -0.39 is 17.8 Å². The van der Waals surface area contributed by atoms with Gasteiger partial charge in [0.25, 0.3) is 0 Å². The van der Waals surface area contributed by atoms with Crippen LogP contribution in [0, 0.1) is 6.92 Å². The van der Waals surface area contributed by atoms with Gasteiger partial charge >= 0.3 is 17.8 Å². The lowest BCUT2D eigenvalue weighted by atomic mass is 10.2. The SMILES string of the molecule is COc1cc(C=NNC(=O)C(=O)Nc2ccccc2C)ccc1OC(=O)c1ccc(Cl)cc1Cl. The molecule has 8 nitrogen and oxygen atoms in total. The Morgan fingerprint density at radius 2 is 1.71 bits per heavy atom. The minimum absolute atomic E-state index is 0.144. The maximum atomic E-state index is 12.4. The van der Waals surface area contributed by atoms with Crippen LogP contribution in [-0.4, -0.2) is 31.1 Å². The summed E-state index contributed by atoms with van der Waals surface area (Å²) >= 11 is 11.9. The smallest absolute Gasteiger partial charge is 0.345 e. The second-order valence-electron chi connectivity index (χ2n) is 6.89. The molecule has 2 amide bonds. The fourth-order valence-corrected chi connectivity index (χ4v) is 3.25. The lowest BCUT2D eigenvalue weighted by Crippen LogP contribution is -2.32. The molecule has 3 rings (SSSR count). The van der Waals surface area contributed by atoms with Gasteiger partial charge in [-0.15, -0.1) is 0 Å². The number of hydrogen-bond donors (Lipinski definition) is 2. The van der Waals surface area contributed by atoms with E-state index in [2.05, 4.69) is 15.8 Å². The zero-order chi connectivity index (χ0) is 24.7. The van der Waals surface area contributed by atoms with Crippen molar-refractivity contribution in [1.82, 2.24) is 5.43 Å². The van der Waals surface area contributed by atoms with Gasteiger partial charge in [0.2, 0.25) is 0 Å². The fourth-order valence-electron chi connectivity index (χ4n) is 2.77. The first kappa shape index (κ1) is 24.8. The Labute approximate surface area is 205 Å². The Morgan fingerprint density at radius 1 is 0.941 bits per heavy atom. The summed E-state index contributed by atoms with van der Waals surface area (Å²) in [6.07, 6.45) is 1.31. The summed E-state index contributed by atoms with van der Waals surface area (Å²) in [5.41, 5.74) is 4.16. The Balaban J connectivity index is 1.63. The molecule has 0 atom stereocenters. The number of hydrogen-bond acceptors (Lipinski definition) is 6. The molecular weight excluding hydrogens is 481 g/mol. The lowest BCUT2D eigenvalue weighted by Gasteiger charge is -2.10. The molecule has 0 unspecified atom stereocenters. The average Bonchev–Trinajstić information content (AvgIpc) is 2.81. The molecule has 0 saturated heterocycles. The van der Waals surface area contributed by atoms with Crippen molar-refractivity contribution < 1.29 is 23.9 Å². The molecule has 3 aromatic rings. The number of aryl methyl sites for hydroxylation is 1. The third-order valence-electron chi connectivity index (χ3n) is 4.52. The van der Waals surface area contributed by atoms with Crippen molar-refractivity contribution in [2.45, 2.75) is 6.92 Å². The van der Waals surface area contributed by atoms with E-state index in [4.69, 9.17) is 32.7 Å². The molecule has 174 valence electrons. The van der Waals surface area contributed by atoms with E-state index in [9.17, 15) is 14.4 Å². The summed E-state index contributed by atoms with van der Waals surface area (Å²) in [7, 11) is 1.40. The number of anilines is 1. The summed E-state index contributed by atoms with van der Waals surface area (Å²) < 4.78 is 10.7. The van der Waals surface area contributed by atoms with Gasteiger partial charge in [0.15, 0.2) is 11.5 Å². The second-order valence-corrected chi connectivity index (χ2v) is 7.74. The number of para-hydroxylation sites is 1. The van der Waals surface area contributed by atoms with Crippen LogP contribution in [0.15, 0.2) is 65.8 Å². The van der Waals surface area contributed by atoms with Crippen molar-refractivity contribution in [1.29, 1.82) is 0 Å². The molecule has 0 spiro atoms. The fraction of sp³-hybridized carbons (Fsp3) is 0.0833. The van der Waals surface area contributed by atoms with Crippen LogP contribution in [0.5, 0.6) is 11.5 Å². The first-order valence-electron chi connectivity index (χ1n) is 9.83. The molecule has 0 fully saturated rings. The summed E-state index contributed by atoms with van der Waals surface area (Å²) in [5.74, 6) is -2.08. The number of carbonyl (C=O) groups is 3. The Hall–Kier alpha value is -3.88. The number of esters is 1. The van der Waals surface area contributed by atoms with Gasteiger partial charge in [-0.25, -0.2) is 10.2 Å². The maximum absolute atomic E-state index is 12.4. The molecule has 34 heavy (non-hydrogen) atoms. The van der Waals surface area contributed by atoms with Crippen molar-refractivity contribution >= 4 is 52.9 Å². The van der Waals surface area contributed by atoms with Crippen LogP contribution in [0.3, 0.4) is 0 Å². The molecule has 0 aliphatic carbocycles. The quantitative estimate of drug-likeness (QED) is 0.169. The number of ether oxygens (including phenoxy) is 2. The van der Waals surface area contributed by atoms with Crippen molar-refractivity contribution in [3.8, 4) is 11.5 Å². The summed E-state index contributed by atoms with van der Waals surface area (Å²) in [4.78, 5) is 36.5. The van der Waals surface area contributed by atoms with E-state index in [1.54, 1.807) is 18.2 Å². The van der Waals surface area contributed by atoms with Crippen molar-refractivity contribution in [3.05, 3.63) is 87.4 Å². The van der Waals surface area contributed by atoms with Crippen molar-refractivity contribution in [2.75, 3.05) is 12.4 Å². The number of rotatable bonds is 6. The van der Waals surface area contributed by atoms with Gasteiger partial charge in [-0.05, 0) is 60.5 Å². The van der Waals surface area contributed by atoms with Gasteiger partial charge < -0.3 is 14.8 Å². The standard InChI is InChI=1S/C24H19Cl2N3O5/c1-14-5-3-4-6-19(14)28-22(30)23(31)29-27-13-15-7-10-20(21(11-15)33-2)34-24(32)17-9-8-16(25)12-18(17)26/h3-13H,1-2H3,(H,28,30)(H,29,31). The Bertz CT molecular complexity index is 1280. The van der Waals surface area contributed by atoms with Gasteiger partial charge in [-0.2, -0.15) is 5.10 Å². The predicted octanol–water partition coefficient (Wildman–Crippen LogP) is 4.62. The van der Waals surface area contributed by atoms with Gasteiger partial charge in [0, 0.05) is 10.7 Å². The minimum atomic E-state index is -0.933. The second kappa shape index (κ2) is 11.3. The van der Waals surface area contributed by atoms with Crippen molar-refractivity contribution in [2.24, 2.45) is 5.10 Å². The number of amides is 2. The highest BCUT2D eigenvalue weighted by molar-refractivity contribution is 6.39. The third-order valence-corrected chi connectivity index (χ3v) is 5.07. The van der Waals surface area contributed by atoms with Gasteiger partial charge in [-0.1, -0.05) is 41.4 Å². The highest BCUT2D eigenvalue weighted by Crippen LogP contribution is 2.30. The van der Waals surface area contributed by atoms with E-state index >= 15 is 0 Å². The van der Waals surface area contributed by atoms with Crippen molar-refractivity contribution in [3.63, 3.8) is 0 Å². The lowest BCUT2D eigenvalue weighted by molar-refractivity contribution is -0.136. The topological polar surface area (TPSA) is 106 Å². The maximum Gasteiger partial charge on any atom is 0.345 e. The monoisotopic (exact) mass is 499 g/mol. The van der Waals surface area contributed by atoms with Gasteiger partial charge in [0.05, 0.1) is 23.9 Å². The molecule has 10 heteroatoms. The molecule has 0 saturated carbocycles. The van der Waals surface area contributed by atoms with Crippen LogP contribution in [0.1, 0.15) is 21.5 Å². The normalized spacial score (nSPS) is 10.6. The molecule has 0 bridgehead atoms. The molecule has 2 N–H and O–H groups in total. The Morgan fingerprint density at radius 3 is 2.41 bits per heavy atom. The molecule has 0 aliphatic rings. The highest BCUT2D eigenvalue weighted by Gasteiger charge is 2.16. The predicted molar refractivity (Wildman–Crippen MR) is 130 cm³/mol. The van der Waals surface area contributed by atoms with Crippen LogP contribution in [0.2, 0.25) is 10.0 Å². The zero-order valence-electron chi connectivity index (χ0n) is 18.1. The van der Waals surface area contributed by atoms with Crippen LogP contribution < -0.4 is 20.2 Å².